The smallest absolute Gasteiger partial charge is 0.219 e. The van der Waals surface area contributed by atoms with Crippen molar-refractivity contribution in [2.45, 2.75) is 45.1 Å². The van der Waals surface area contributed by atoms with Gasteiger partial charge >= 0.3 is 0 Å². The number of amides is 1. The second kappa shape index (κ2) is 4.97. The highest BCUT2D eigenvalue weighted by Crippen LogP contribution is 2.31. The number of likely N-dealkylation sites (tertiary alicyclic amines) is 1. The second-order valence-corrected chi connectivity index (χ2v) is 4.97. The zero-order valence-electron chi connectivity index (χ0n) is 9.67. The van der Waals surface area contributed by atoms with Gasteiger partial charge in [0.25, 0.3) is 0 Å². The molecule has 1 heterocycles. The Labute approximate surface area is 92.2 Å². The first-order chi connectivity index (χ1) is 7.25. The molecule has 86 valence electrons. The minimum absolute atomic E-state index is 0.228. The van der Waals surface area contributed by atoms with Gasteiger partial charge < -0.3 is 10.2 Å². The molecular weight excluding hydrogens is 188 g/mol. The van der Waals surface area contributed by atoms with Crippen LogP contribution in [0.15, 0.2) is 0 Å². The van der Waals surface area contributed by atoms with Gasteiger partial charge in [0.2, 0.25) is 5.91 Å². The fraction of sp³-hybridized carbons (Fsp3) is 0.917. The highest BCUT2D eigenvalue weighted by Gasteiger charge is 2.23. The van der Waals surface area contributed by atoms with E-state index in [4.69, 9.17) is 0 Å². The van der Waals surface area contributed by atoms with Crippen LogP contribution in [-0.4, -0.2) is 36.5 Å². The summed E-state index contributed by atoms with van der Waals surface area (Å²) in [6.45, 7) is 4.73. The number of hydrogen-bond acceptors (Lipinski definition) is 2. The summed E-state index contributed by atoms with van der Waals surface area (Å²) in [4.78, 5) is 13.1. The van der Waals surface area contributed by atoms with Crippen molar-refractivity contribution < 1.29 is 4.79 Å². The Morgan fingerprint density at radius 3 is 2.47 bits per heavy atom. The molecule has 3 heteroatoms. The predicted octanol–water partition coefficient (Wildman–Crippen LogP) is 1.39. The molecule has 15 heavy (non-hydrogen) atoms. The molecule has 0 aromatic heterocycles. The Hall–Kier alpha value is -0.570. The van der Waals surface area contributed by atoms with E-state index in [-0.39, 0.29) is 5.91 Å². The highest BCUT2D eigenvalue weighted by molar-refractivity contribution is 5.73. The highest BCUT2D eigenvalue weighted by atomic mass is 16.2. The van der Waals surface area contributed by atoms with Gasteiger partial charge in [-0.15, -0.1) is 0 Å². The number of nitrogens with zero attached hydrogens (tertiary/aromatic N) is 1. The summed E-state index contributed by atoms with van der Waals surface area (Å²) in [6.07, 6.45) is 6.51. The van der Waals surface area contributed by atoms with Crippen LogP contribution in [0.2, 0.25) is 0 Å². The molecule has 1 saturated carbocycles. The Balaban J connectivity index is 1.58. The molecule has 1 aliphatic heterocycles. The van der Waals surface area contributed by atoms with Gasteiger partial charge in [-0.25, -0.2) is 0 Å². The first kappa shape index (κ1) is 10.9. The Kier molecular flexibility index (Phi) is 3.62. The second-order valence-electron chi connectivity index (χ2n) is 4.97. The summed E-state index contributed by atoms with van der Waals surface area (Å²) in [5.41, 5.74) is 0. The van der Waals surface area contributed by atoms with Gasteiger partial charge in [0.05, 0.1) is 0 Å². The maximum atomic E-state index is 11.1. The third-order valence-corrected chi connectivity index (χ3v) is 3.62. The maximum absolute atomic E-state index is 11.1. The van der Waals surface area contributed by atoms with Gasteiger partial charge in [-0.05, 0) is 31.7 Å². The van der Waals surface area contributed by atoms with E-state index >= 15 is 0 Å². The summed E-state index contributed by atoms with van der Waals surface area (Å²) < 4.78 is 0. The van der Waals surface area contributed by atoms with Crippen LogP contribution in [0.1, 0.15) is 39.0 Å². The standard InChI is InChI=1S/C12H22N2O/c1-10(15)14-8-5-12(6-9-14)13-7-4-11-2-3-11/h11-13H,2-9H2,1H3. The Bertz CT molecular complexity index is 218. The number of piperidine rings is 1. The van der Waals surface area contributed by atoms with Crippen molar-refractivity contribution in [3.05, 3.63) is 0 Å². The molecule has 1 aliphatic carbocycles. The molecule has 0 atom stereocenters. The van der Waals surface area contributed by atoms with Gasteiger partial charge in [0.15, 0.2) is 0 Å². The van der Waals surface area contributed by atoms with Gasteiger partial charge in [0, 0.05) is 26.1 Å². The van der Waals surface area contributed by atoms with Crippen LogP contribution in [0.5, 0.6) is 0 Å². The molecule has 0 aromatic rings. The molecule has 0 radical (unpaired) electrons. The van der Waals surface area contributed by atoms with Crippen molar-refractivity contribution in [3.63, 3.8) is 0 Å². The Morgan fingerprint density at radius 2 is 1.93 bits per heavy atom. The molecule has 1 N–H and O–H groups in total. The average molecular weight is 210 g/mol. The van der Waals surface area contributed by atoms with Crippen molar-refractivity contribution in [1.29, 1.82) is 0 Å². The predicted molar refractivity (Wildman–Crippen MR) is 60.6 cm³/mol. The lowest BCUT2D eigenvalue weighted by Gasteiger charge is -2.31. The molecule has 1 amide bonds. The third kappa shape index (κ3) is 3.49. The molecule has 3 nitrogen and oxygen atoms in total. The summed E-state index contributed by atoms with van der Waals surface area (Å²) in [7, 11) is 0. The molecule has 0 aromatic carbocycles. The number of carbonyl (C=O) groups is 1. The zero-order chi connectivity index (χ0) is 10.7. The molecule has 2 aliphatic rings. The SMILES string of the molecule is CC(=O)N1CCC(NCCC2CC2)CC1. The minimum atomic E-state index is 0.228. The van der Waals surface area contributed by atoms with E-state index in [0.29, 0.717) is 6.04 Å². The van der Waals surface area contributed by atoms with Crippen LogP contribution < -0.4 is 5.32 Å². The molecule has 0 unspecified atom stereocenters. The first-order valence-electron chi connectivity index (χ1n) is 6.24. The van der Waals surface area contributed by atoms with Crippen molar-refractivity contribution in [1.82, 2.24) is 10.2 Å². The molecule has 0 spiro atoms. The largest absolute Gasteiger partial charge is 0.343 e. The summed E-state index contributed by atoms with van der Waals surface area (Å²) >= 11 is 0. The topological polar surface area (TPSA) is 32.3 Å². The lowest BCUT2D eigenvalue weighted by atomic mass is 10.0. The van der Waals surface area contributed by atoms with Crippen LogP contribution in [0, 0.1) is 5.92 Å². The maximum Gasteiger partial charge on any atom is 0.219 e. The van der Waals surface area contributed by atoms with E-state index in [1.165, 1.54) is 25.8 Å². The molecule has 2 rings (SSSR count). The van der Waals surface area contributed by atoms with Crippen LogP contribution in [-0.2, 0) is 4.79 Å². The number of nitrogens with one attached hydrogen (secondary N) is 1. The van der Waals surface area contributed by atoms with E-state index in [0.717, 1.165) is 31.8 Å². The van der Waals surface area contributed by atoms with Crippen LogP contribution >= 0.6 is 0 Å². The van der Waals surface area contributed by atoms with E-state index < -0.39 is 0 Å². The number of rotatable bonds is 4. The van der Waals surface area contributed by atoms with Crippen LogP contribution in [0.4, 0.5) is 0 Å². The van der Waals surface area contributed by atoms with Gasteiger partial charge in [-0.2, -0.15) is 0 Å². The number of carbonyl (C=O) groups excluding carboxylic acids is 1. The first-order valence-corrected chi connectivity index (χ1v) is 6.24. The molecule has 0 bridgehead atoms. The lowest BCUT2D eigenvalue weighted by molar-refractivity contribution is -0.129. The molecular formula is C12H22N2O. The fourth-order valence-corrected chi connectivity index (χ4v) is 2.30. The van der Waals surface area contributed by atoms with Crippen molar-refractivity contribution in [2.24, 2.45) is 5.92 Å². The van der Waals surface area contributed by atoms with Crippen molar-refractivity contribution >= 4 is 5.91 Å². The summed E-state index contributed by atoms with van der Waals surface area (Å²) in [6, 6.07) is 0.652. The lowest BCUT2D eigenvalue weighted by Crippen LogP contribution is -2.44. The van der Waals surface area contributed by atoms with E-state index in [1.54, 1.807) is 6.92 Å². The van der Waals surface area contributed by atoms with Crippen molar-refractivity contribution in [3.8, 4) is 0 Å². The number of hydrogen-bond donors (Lipinski definition) is 1. The van der Waals surface area contributed by atoms with Gasteiger partial charge in [-0.3, -0.25) is 4.79 Å². The van der Waals surface area contributed by atoms with E-state index in [1.807, 2.05) is 4.90 Å². The Morgan fingerprint density at radius 1 is 1.27 bits per heavy atom. The van der Waals surface area contributed by atoms with Crippen LogP contribution in [0.25, 0.3) is 0 Å². The average Bonchev–Trinajstić information content (AvgIpc) is 3.02. The van der Waals surface area contributed by atoms with Gasteiger partial charge in [0.1, 0.15) is 0 Å². The van der Waals surface area contributed by atoms with Crippen LogP contribution in [0.3, 0.4) is 0 Å². The minimum Gasteiger partial charge on any atom is -0.343 e. The quantitative estimate of drug-likeness (QED) is 0.760. The van der Waals surface area contributed by atoms with Gasteiger partial charge in [-0.1, -0.05) is 12.8 Å². The summed E-state index contributed by atoms with van der Waals surface area (Å²) in [5.74, 6) is 1.25. The monoisotopic (exact) mass is 210 g/mol. The van der Waals surface area contributed by atoms with E-state index in [2.05, 4.69) is 5.32 Å². The fourth-order valence-electron chi connectivity index (χ4n) is 2.30. The molecule has 1 saturated heterocycles. The third-order valence-electron chi connectivity index (χ3n) is 3.62. The summed E-state index contributed by atoms with van der Waals surface area (Å²) in [5, 5.41) is 3.61. The molecule has 2 fully saturated rings. The van der Waals surface area contributed by atoms with Crippen molar-refractivity contribution in [2.75, 3.05) is 19.6 Å². The van der Waals surface area contributed by atoms with E-state index in [9.17, 15) is 4.79 Å². The normalized spacial score (nSPS) is 23.1. The zero-order valence-corrected chi connectivity index (χ0v) is 9.67.